The average molecular weight is 407 g/mol. The van der Waals surface area contributed by atoms with Gasteiger partial charge in [-0.05, 0) is 43.0 Å². The van der Waals surface area contributed by atoms with E-state index in [0.29, 0.717) is 18.5 Å². The molecule has 0 unspecified atom stereocenters. The molecule has 1 N–H and O–H groups in total. The van der Waals surface area contributed by atoms with Gasteiger partial charge in [-0.2, -0.15) is 0 Å². The molecule has 2 aliphatic rings. The molecule has 1 saturated heterocycles. The van der Waals surface area contributed by atoms with Gasteiger partial charge < -0.3 is 15.0 Å². The quantitative estimate of drug-likeness (QED) is 0.761. The number of amides is 2. The second-order valence-corrected chi connectivity index (χ2v) is 8.38. The lowest BCUT2D eigenvalue weighted by atomic mass is 9.83. The van der Waals surface area contributed by atoms with Crippen molar-refractivity contribution in [2.24, 2.45) is 0 Å². The third-order valence-corrected chi connectivity index (χ3v) is 6.55. The van der Waals surface area contributed by atoms with Crippen molar-refractivity contribution in [2.75, 3.05) is 6.54 Å². The van der Waals surface area contributed by atoms with Crippen LogP contribution in [0.2, 0.25) is 0 Å². The third kappa shape index (κ3) is 4.07. The molecule has 5 nitrogen and oxygen atoms in total. The predicted octanol–water partition coefficient (Wildman–Crippen LogP) is 4.62. The van der Waals surface area contributed by atoms with Gasteiger partial charge in [0.25, 0.3) is 5.91 Å². The van der Waals surface area contributed by atoms with E-state index in [4.69, 9.17) is 4.74 Å². The highest BCUT2D eigenvalue weighted by Gasteiger charge is 2.39. The highest BCUT2D eigenvalue weighted by molar-refractivity contribution is 5.94. The van der Waals surface area contributed by atoms with Gasteiger partial charge in [-0.3, -0.25) is 9.59 Å². The number of likely N-dealkylation sites (tertiary alicyclic amines) is 1. The van der Waals surface area contributed by atoms with Crippen LogP contribution in [0.15, 0.2) is 48.5 Å². The predicted molar refractivity (Wildman–Crippen MR) is 116 cm³/mol. The summed E-state index contributed by atoms with van der Waals surface area (Å²) in [5.74, 6) is 0.996. The van der Waals surface area contributed by atoms with Crippen molar-refractivity contribution in [1.82, 2.24) is 10.2 Å². The Balaban J connectivity index is 1.48. The van der Waals surface area contributed by atoms with Crippen LogP contribution in [0.3, 0.4) is 0 Å². The molecule has 30 heavy (non-hydrogen) atoms. The molecule has 2 amide bonds. The molecule has 2 aliphatic heterocycles. The maximum Gasteiger partial charge on any atom is 0.251 e. The normalized spacial score (nSPS) is 19.9. The SMILES string of the molecule is CCC1(CC)C[C@@H](NC(=O)c2ccc(CN3CCCC3=O)cc2)c2ccccc2O1. The molecule has 0 aromatic heterocycles. The van der Waals surface area contributed by atoms with Crippen LogP contribution in [-0.4, -0.2) is 28.9 Å². The van der Waals surface area contributed by atoms with E-state index in [-0.39, 0.29) is 23.5 Å². The van der Waals surface area contributed by atoms with Crippen LogP contribution in [0.25, 0.3) is 0 Å². The number of fused-ring (bicyclic) bond motifs is 1. The van der Waals surface area contributed by atoms with Gasteiger partial charge in [0.2, 0.25) is 5.91 Å². The van der Waals surface area contributed by atoms with Gasteiger partial charge in [-0.25, -0.2) is 0 Å². The highest BCUT2D eigenvalue weighted by atomic mass is 16.5. The molecule has 0 aliphatic carbocycles. The first kappa shape index (κ1) is 20.5. The van der Waals surface area contributed by atoms with Crippen LogP contribution in [0, 0.1) is 0 Å². The maximum absolute atomic E-state index is 13.0. The molecule has 2 heterocycles. The second kappa shape index (κ2) is 8.50. The number of carbonyl (C=O) groups excluding carboxylic acids is 2. The van der Waals surface area contributed by atoms with E-state index in [1.54, 1.807) is 0 Å². The van der Waals surface area contributed by atoms with Crippen LogP contribution in [0.4, 0.5) is 0 Å². The zero-order chi connectivity index (χ0) is 21.1. The third-order valence-electron chi connectivity index (χ3n) is 6.55. The van der Waals surface area contributed by atoms with Crippen molar-refractivity contribution in [3.8, 4) is 5.75 Å². The highest BCUT2D eigenvalue weighted by Crippen LogP contribution is 2.42. The minimum atomic E-state index is -0.252. The smallest absolute Gasteiger partial charge is 0.251 e. The number of benzene rings is 2. The van der Waals surface area contributed by atoms with Crippen LogP contribution in [0.5, 0.6) is 5.75 Å². The van der Waals surface area contributed by atoms with Crippen LogP contribution < -0.4 is 10.1 Å². The number of para-hydroxylation sites is 1. The molecule has 0 bridgehead atoms. The number of rotatable bonds is 6. The molecule has 1 fully saturated rings. The Bertz CT molecular complexity index is 918. The topological polar surface area (TPSA) is 58.6 Å². The number of hydrogen-bond donors (Lipinski definition) is 1. The van der Waals surface area contributed by atoms with E-state index < -0.39 is 0 Å². The molecular weight excluding hydrogens is 376 g/mol. The summed E-state index contributed by atoms with van der Waals surface area (Å²) in [4.78, 5) is 26.7. The summed E-state index contributed by atoms with van der Waals surface area (Å²) < 4.78 is 6.34. The van der Waals surface area contributed by atoms with E-state index in [2.05, 4.69) is 19.2 Å². The molecule has 2 aromatic carbocycles. The molecule has 2 aromatic rings. The van der Waals surface area contributed by atoms with Gasteiger partial charge in [0.15, 0.2) is 0 Å². The van der Waals surface area contributed by atoms with Crippen molar-refractivity contribution in [2.45, 2.75) is 64.1 Å². The van der Waals surface area contributed by atoms with E-state index in [1.165, 1.54) is 0 Å². The fourth-order valence-corrected chi connectivity index (χ4v) is 4.52. The molecule has 0 radical (unpaired) electrons. The van der Waals surface area contributed by atoms with Gasteiger partial charge in [0, 0.05) is 37.1 Å². The molecule has 0 spiro atoms. The maximum atomic E-state index is 13.0. The van der Waals surface area contributed by atoms with Gasteiger partial charge in [-0.15, -0.1) is 0 Å². The molecule has 1 atom stereocenters. The van der Waals surface area contributed by atoms with Crippen LogP contribution in [0.1, 0.15) is 73.5 Å². The molecular formula is C25H30N2O3. The van der Waals surface area contributed by atoms with Crippen molar-refractivity contribution in [1.29, 1.82) is 0 Å². The van der Waals surface area contributed by atoms with E-state index >= 15 is 0 Å². The van der Waals surface area contributed by atoms with Gasteiger partial charge >= 0.3 is 0 Å². The summed E-state index contributed by atoms with van der Waals surface area (Å²) in [6.45, 7) is 5.71. The Hall–Kier alpha value is -2.82. The average Bonchev–Trinajstić information content (AvgIpc) is 3.18. The number of hydrogen-bond acceptors (Lipinski definition) is 3. The zero-order valence-corrected chi connectivity index (χ0v) is 17.8. The Labute approximate surface area is 178 Å². The monoisotopic (exact) mass is 406 g/mol. The number of nitrogens with one attached hydrogen (secondary N) is 1. The summed E-state index contributed by atoms with van der Waals surface area (Å²) in [6, 6.07) is 15.5. The molecule has 0 saturated carbocycles. The molecule has 5 heteroatoms. The Kier molecular flexibility index (Phi) is 5.80. The Morgan fingerprint density at radius 3 is 2.53 bits per heavy atom. The summed E-state index contributed by atoms with van der Waals surface area (Å²) in [6.07, 6.45) is 4.13. The summed E-state index contributed by atoms with van der Waals surface area (Å²) >= 11 is 0. The largest absolute Gasteiger partial charge is 0.487 e. The van der Waals surface area contributed by atoms with E-state index in [0.717, 1.165) is 49.1 Å². The summed E-state index contributed by atoms with van der Waals surface area (Å²) in [5, 5.41) is 3.23. The minimum absolute atomic E-state index is 0.0794. The van der Waals surface area contributed by atoms with E-state index in [1.807, 2.05) is 53.4 Å². The Morgan fingerprint density at radius 2 is 1.87 bits per heavy atom. The van der Waals surface area contributed by atoms with Crippen molar-refractivity contribution in [3.05, 3.63) is 65.2 Å². The van der Waals surface area contributed by atoms with Crippen molar-refractivity contribution >= 4 is 11.8 Å². The Morgan fingerprint density at radius 1 is 1.13 bits per heavy atom. The van der Waals surface area contributed by atoms with E-state index in [9.17, 15) is 9.59 Å². The first-order chi connectivity index (χ1) is 14.5. The fourth-order valence-electron chi connectivity index (χ4n) is 4.52. The van der Waals surface area contributed by atoms with Crippen LogP contribution in [-0.2, 0) is 11.3 Å². The first-order valence-electron chi connectivity index (χ1n) is 11.0. The lowest BCUT2D eigenvalue weighted by Gasteiger charge is -2.41. The molecule has 158 valence electrons. The minimum Gasteiger partial charge on any atom is -0.487 e. The lowest BCUT2D eigenvalue weighted by molar-refractivity contribution is -0.128. The van der Waals surface area contributed by atoms with Gasteiger partial charge in [-0.1, -0.05) is 44.2 Å². The van der Waals surface area contributed by atoms with Crippen molar-refractivity contribution in [3.63, 3.8) is 0 Å². The fraction of sp³-hybridized carbons (Fsp3) is 0.440. The summed E-state index contributed by atoms with van der Waals surface area (Å²) in [5.41, 5.74) is 2.47. The first-order valence-corrected chi connectivity index (χ1v) is 11.0. The van der Waals surface area contributed by atoms with Gasteiger partial charge in [0.1, 0.15) is 11.4 Å². The lowest BCUT2D eigenvalue weighted by Crippen LogP contribution is -2.44. The zero-order valence-electron chi connectivity index (χ0n) is 17.8. The standard InChI is InChI=1S/C25H30N2O3/c1-3-25(4-2)16-21(20-8-5-6-9-22(20)30-25)26-24(29)19-13-11-18(12-14-19)17-27-15-7-10-23(27)28/h5-6,8-9,11-14,21H,3-4,7,10,15-17H2,1-2H3,(H,26,29)/t21-/m1/s1. The molecule has 4 rings (SSSR count). The number of nitrogens with zero attached hydrogens (tertiary/aromatic N) is 1. The second-order valence-electron chi connectivity index (χ2n) is 8.38. The summed E-state index contributed by atoms with van der Waals surface area (Å²) in [7, 11) is 0. The van der Waals surface area contributed by atoms with Gasteiger partial charge in [0.05, 0.1) is 6.04 Å². The number of carbonyl (C=O) groups is 2. The van der Waals surface area contributed by atoms with Crippen LogP contribution >= 0.6 is 0 Å². The number of ether oxygens (including phenoxy) is 1. The van der Waals surface area contributed by atoms with Crippen molar-refractivity contribution < 1.29 is 14.3 Å².